The topological polar surface area (TPSA) is 89.8 Å². The molecule has 2 fully saturated rings. The Labute approximate surface area is 140 Å². The average molecular weight is 329 g/mol. The van der Waals surface area contributed by atoms with Crippen molar-refractivity contribution < 1.29 is 20.1 Å². The first kappa shape index (κ1) is 20.4. The summed E-state index contributed by atoms with van der Waals surface area (Å²) in [5.74, 6) is -1.06. The number of hydrogen-bond acceptors (Lipinski definition) is 4. The lowest BCUT2D eigenvalue weighted by Gasteiger charge is -2.30. The fraction of sp³-hybridized carbons (Fsp3) is 0.944. The molecule has 4 N–H and O–H groups in total. The van der Waals surface area contributed by atoms with Crippen molar-refractivity contribution in [1.29, 1.82) is 0 Å². The molecule has 0 radical (unpaired) electrons. The van der Waals surface area contributed by atoms with Crippen molar-refractivity contribution in [2.24, 2.45) is 0 Å². The number of carboxylic acids is 1. The highest BCUT2D eigenvalue weighted by molar-refractivity contribution is 5.67. The third-order valence-electron chi connectivity index (χ3n) is 4.86. The Kier molecular flexibility index (Phi) is 9.75. The van der Waals surface area contributed by atoms with Crippen LogP contribution in [0.3, 0.4) is 0 Å². The second-order valence-electron chi connectivity index (χ2n) is 7.38. The minimum Gasteiger partial charge on any atom is -0.481 e. The van der Waals surface area contributed by atoms with Gasteiger partial charge in [0.25, 0.3) is 0 Å². The van der Waals surface area contributed by atoms with Crippen molar-refractivity contribution in [3.05, 3.63) is 0 Å². The predicted molar refractivity (Wildman–Crippen MR) is 91.5 cm³/mol. The van der Waals surface area contributed by atoms with Crippen molar-refractivity contribution in [2.75, 3.05) is 6.61 Å². The fourth-order valence-corrected chi connectivity index (χ4v) is 3.53. The first-order chi connectivity index (χ1) is 10.9. The van der Waals surface area contributed by atoms with Gasteiger partial charge in [0.05, 0.1) is 12.0 Å². The second-order valence-corrected chi connectivity index (χ2v) is 7.38. The minimum absolute atomic E-state index is 0.0965. The molecule has 2 aliphatic carbocycles. The van der Waals surface area contributed by atoms with E-state index in [1.54, 1.807) is 0 Å². The maximum Gasteiger partial charge on any atom is 0.306 e. The highest BCUT2D eigenvalue weighted by atomic mass is 16.4. The van der Waals surface area contributed by atoms with E-state index >= 15 is 0 Å². The molecule has 0 spiro atoms. The van der Waals surface area contributed by atoms with Crippen molar-refractivity contribution in [3.8, 4) is 0 Å². The zero-order chi connectivity index (χ0) is 17.1. The molecule has 0 aliphatic heterocycles. The van der Waals surface area contributed by atoms with E-state index in [-0.39, 0.29) is 19.4 Å². The van der Waals surface area contributed by atoms with Gasteiger partial charge in [-0.2, -0.15) is 0 Å². The number of aliphatic carboxylic acids is 1. The smallest absolute Gasteiger partial charge is 0.306 e. The van der Waals surface area contributed by atoms with E-state index in [1.807, 2.05) is 0 Å². The summed E-state index contributed by atoms with van der Waals surface area (Å²) in [4.78, 5) is 10.0. The van der Waals surface area contributed by atoms with Crippen molar-refractivity contribution in [3.63, 3.8) is 0 Å². The quantitative estimate of drug-likeness (QED) is 0.602. The zero-order valence-electron chi connectivity index (χ0n) is 14.6. The Morgan fingerprint density at radius 3 is 1.78 bits per heavy atom. The summed E-state index contributed by atoms with van der Waals surface area (Å²) in [5, 5.41) is 29.6. The maximum atomic E-state index is 10.0. The number of carbonyl (C=O) groups is 1. The van der Waals surface area contributed by atoms with Gasteiger partial charge in [-0.25, -0.2) is 0 Å². The van der Waals surface area contributed by atoms with E-state index in [0.717, 1.165) is 12.1 Å². The Morgan fingerprint density at radius 1 is 1.00 bits per heavy atom. The SMILES string of the molecule is C1CCC(NC2CCCCC2)CC1.CC(O)(CCO)CC(=O)O. The van der Waals surface area contributed by atoms with Crippen LogP contribution in [0.2, 0.25) is 0 Å². The number of rotatable bonds is 6. The van der Waals surface area contributed by atoms with Crippen LogP contribution in [0.25, 0.3) is 0 Å². The van der Waals surface area contributed by atoms with Gasteiger partial charge in [-0.05, 0) is 39.0 Å². The first-order valence-corrected chi connectivity index (χ1v) is 9.24. The summed E-state index contributed by atoms with van der Waals surface area (Å²) in [5.41, 5.74) is -1.28. The van der Waals surface area contributed by atoms with Gasteiger partial charge in [0, 0.05) is 18.7 Å². The third-order valence-corrected chi connectivity index (χ3v) is 4.86. The van der Waals surface area contributed by atoms with Gasteiger partial charge in [0.2, 0.25) is 0 Å². The van der Waals surface area contributed by atoms with Gasteiger partial charge in [-0.15, -0.1) is 0 Å². The maximum absolute atomic E-state index is 10.0. The summed E-state index contributed by atoms with van der Waals surface area (Å²) in [6, 6.07) is 1.74. The summed E-state index contributed by atoms with van der Waals surface area (Å²) in [6.07, 6.45) is 14.3. The Bertz CT molecular complexity index is 305. The van der Waals surface area contributed by atoms with Crippen LogP contribution in [-0.2, 0) is 4.79 Å². The lowest BCUT2D eigenvalue weighted by Crippen LogP contribution is -2.40. The molecule has 2 saturated carbocycles. The summed E-state index contributed by atoms with van der Waals surface area (Å²) >= 11 is 0. The standard InChI is InChI=1S/C12H23N.C6H12O4/c1-3-7-11(8-4-1)13-12-9-5-2-6-10-12;1-6(10,2-3-7)4-5(8)9/h11-13H,1-10H2;7,10H,2-4H2,1H3,(H,8,9). The van der Waals surface area contributed by atoms with Crippen LogP contribution in [0.4, 0.5) is 0 Å². The number of aliphatic hydroxyl groups is 2. The number of aliphatic hydroxyl groups excluding tert-OH is 1. The molecule has 0 saturated heterocycles. The van der Waals surface area contributed by atoms with Gasteiger partial charge in [0.1, 0.15) is 0 Å². The second kappa shape index (κ2) is 11.0. The van der Waals surface area contributed by atoms with Crippen LogP contribution < -0.4 is 5.32 Å². The molecule has 136 valence electrons. The van der Waals surface area contributed by atoms with Crippen molar-refractivity contribution in [2.45, 2.75) is 102 Å². The molecule has 5 nitrogen and oxygen atoms in total. The molecule has 0 aromatic heterocycles. The van der Waals surface area contributed by atoms with Crippen LogP contribution >= 0.6 is 0 Å². The van der Waals surface area contributed by atoms with E-state index in [9.17, 15) is 4.79 Å². The molecule has 0 bridgehead atoms. The molecule has 1 atom stereocenters. The molecule has 2 rings (SSSR count). The van der Waals surface area contributed by atoms with E-state index in [4.69, 9.17) is 15.3 Å². The number of nitrogens with one attached hydrogen (secondary N) is 1. The van der Waals surface area contributed by atoms with Crippen molar-refractivity contribution >= 4 is 5.97 Å². The molecule has 5 heteroatoms. The molecule has 1 unspecified atom stereocenters. The van der Waals surface area contributed by atoms with Crippen LogP contribution in [0.1, 0.15) is 84.0 Å². The Hall–Kier alpha value is -0.650. The van der Waals surface area contributed by atoms with E-state index in [0.29, 0.717) is 0 Å². The zero-order valence-corrected chi connectivity index (χ0v) is 14.6. The first-order valence-electron chi connectivity index (χ1n) is 9.24. The predicted octanol–water partition coefficient (Wildman–Crippen LogP) is 2.84. The van der Waals surface area contributed by atoms with Gasteiger partial charge in [-0.3, -0.25) is 4.79 Å². The summed E-state index contributed by atoms with van der Waals surface area (Å²) < 4.78 is 0. The van der Waals surface area contributed by atoms with E-state index in [2.05, 4.69) is 5.32 Å². The largest absolute Gasteiger partial charge is 0.481 e. The summed E-state index contributed by atoms with van der Waals surface area (Å²) in [7, 11) is 0. The Balaban J connectivity index is 0.000000241. The molecule has 23 heavy (non-hydrogen) atoms. The highest BCUT2D eigenvalue weighted by Crippen LogP contribution is 2.22. The van der Waals surface area contributed by atoms with Gasteiger partial charge in [0.15, 0.2) is 0 Å². The molecular weight excluding hydrogens is 294 g/mol. The van der Waals surface area contributed by atoms with Gasteiger partial charge >= 0.3 is 5.97 Å². The van der Waals surface area contributed by atoms with Gasteiger partial charge in [-0.1, -0.05) is 38.5 Å². The summed E-state index contributed by atoms with van der Waals surface area (Å²) in [6.45, 7) is 1.19. The molecule has 0 aromatic rings. The molecule has 0 aromatic carbocycles. The molecule has 0 amide bonds. The lowest BCUT2D eigenvalue weighted by molar-refractivity contribution is -0.142. The van der Waals surface area contributed by atoms with Crippen LogP contribution in [0.5, 0.6) is 0 Å². The van der Waals surface area contributed by atoms with Gasteiger partial charge < -0.3 is 20.6 Å². The fourth-order valence-electron chi connectivity index (χ4n) is 3.53. The van der Waals surface area contributed by atoms with E-state index in [1.165, 1.54) is 71.1 Å². The minimum atomic E-state index is -1.28. The van der Waals surface area contributed by atoms with Crippen LogP contribution in [-0.4, -0.2) is 45.6 Å². The van der Waals surface area contributed by atoms with Crippen LogP contribution in [0.15, 0.2) is 0 Å². The van der Waals surface area contributed by atoms with Crippen LogP contribution in [0, 0.1) is 0 Å². The van der Waals surface area contributed by atoms with Crippen molar-refractivity contribution in [1.82, 2.24) is 5.32 Å². The molecule has 2 aliphatic rings. The number of carboxylic acid groups (broad SMARTS) is 1. The molecular formula is C18H35NO4. The average Bonchev–Trinajstić information content (AvgIpc) is 2.48. The van der Waals surface area contributed by atoms with E-state index < -0.39 is 11.6 Å². The number of hydrogen-bond donors (Lipinski definition) is 4. The molecule has 0 heterocycles. The monoisotopic (exact) mass is 329 g/mol. The Morgan fingerprint density at radius 2 is 1.43 bits per heavy atom. The highest BCUT2D eigenvalue weighted by Gasteiger charge is 2.23. The third kappa shape index (κ3) is 9.95. The normalized spacial score (nSPS) is 22.7. The lowest BCUT2D eigenvalue weighted by atomic mass is 9.91.